The van der Waals surface area contributed by atoms with Crippen LogP contribution in [0.5, 0.6) is 0 Å². The van der Waals surface area contributed by atoms with Gasteiger partial charge < -0.3 is 0 Å². The Labute approximate surface area is 99.0 Å². The van der Waals surface area contributed by atoms with E-state index in [-0.39, 0.29) is 0 Å². The van der Waals surface area contributed by atoms with Gasteiger partial charge in [0.05, 0.1) is 0 Å². The van der Waals surface area contributed by atoms with Crippen LogP contribution in [0, 0.1) is 5.92 Å². The first-order valence-corrected chi connectivity index (χ1v) is 6.29. The van der Waals surface area contributed by atoms with Gasteiger partial charge in [-0.05, 0) is 30.0 Å². The van der Waals surface area contributed by atoms with Crippen LogP contribution < -0.4 is 0 Å². The highest BCUT2D eigenvalue weighted by Crippen LogP contribution is 2.33. The Kier molecular flexibility index (Phi) is 3.57. The van der Waals surface area contributed by atoms with Gasteiger partial charge in [-0.15, -0.1) is 0 Å². The number of halogens is 1. The summed E-state index contributed by atoms with van der Waals surface area (Å²) in [4.78, 5) is 11.6. The number of ketones is 1. The van der Waals surface area contributed by atoms with E-state index in [9.17, 15) is 4.79 Å². The molecule has 0 spiro atoms. The quantitative estimate of drug-likeness (QED) is 0.794. The minimum atomic E-state index is 0.375. The van der Waals surface area contributed by atoms with Crippen LogP contribution in [-0.2, 0) is 11.2 Å². The molecule has 1 aliphatic carbocycles. The highest BCUT2D eigenvalue weighted by Gasteiger charge is 2.21. The zero-order valence-corrected chi connectivity index (χ0v) is 10.3. The predicted octanol–water partition coefficient (Wildman–Crippen LogP) is 3.75. The maximum atomic E-state index is 11.6. The molecular formula is C13H15BrO. The number of hydrogen-bond acceptors (Lipinski definition) is 1. The Morgan fingerprint density at radius 1 is 1.40 bits per heavy atom. The summed E-state index contributed by atoms with van der Waals surface area (Å²) >= 11 is 3.41. The molecule has 15 heavy (non-hydrogen) atoms. The van der Waals surface area contributed by atoms with E-state index in [1.54, 1.807) is 0 Å². The summed E-state index contributed by atoms with van der Waals surface area (Å²) in [7, 11) is 0. The van der Waals surface area contributed by atoms with Crippen LogP contribution >= 0.6 is 15.9 Å². The fourth-order valence-electron chi connectivity index (χ4n) is 1.73. The number of carbonyl (C=O) groups is 1. The minimum Gasteiger partial charge on any atom is -0.299 e. The van der Waals surface area contributed by atoms with Crippen molar-refractivity contribution in [3.05, 3.63) is 34.3 Å². The van der Waals surface area contributed by atoms with E-state index in [1.807, 2.05) is 24.3 Å². The highest BCUT2D eigenvalue weighted by molar-refractivity contribution is 9.10. The summed E-state index contributed by atoms with van der Waals surface area (Å²) in [6.07, 6.45) is 5.13. The van der Waals surface area contributed by atoms with Gasteiger partial charge in [0.2, 0.25) is 0 Å². The van der Waals surface area contributed by atoms with Crippen LogP contribution in [0.4, 0.5) is 0 Å². The monoisotopic (exact) mass is 266 g/mol. The molecule has 0 aromatic heterocycles. The van der Waals surface area contributed by atoms with Crippen molar-refractivity contribution in [2.45, 2.75) is 32.1 Å². The predicted molar refractivity (Wildman–Crippen MR) is 64.8 cm³/mol. The molecule has 1 nitrogen and oxygen atoms in total. The first-order chi connectivity index (χ1) is 7.24. The average molecular weight is 267 g/mol. The molecule has 2 heteroatoms. The molecular weight excluding hydrogens is 252 g/mol. The normalized spacial score (nSPS) is 15.3. The van der Waals surface area contributed by atoms with Gasteiger partial charge in [0.25, 0.3) is 0 Å². The summed E-state index contributed by atoms with van der Waals surface area (Å²) < 4.78 is 1.05. The molecule has 1 fully saturated rings. The smallest absolute Gasteiger partial charge is 0.137 e. The first-order valence-electron chi connectivity index (χ1n) is 5.50. The molecule has 0 saturated heterocycles. The van der Waals surface area contributed by atoms with Gasteiger partial charge in [-0.3, -0.25) is 4.79 Å². The molecule has 0 aliphatic heterocycles. The van der Waals surface area contributed by atoms with E-state index in [4.69, 9.17) is 0 Å². The number of rotatable bonds is 5. The Hall–Kier alpha value is -0.630. The molecule has 0 atom stereocenters. The molecule has 80 valence electrons. The second-order valence-corrected chi connectivity index (χ2v) is 5.24. The molecule has 0 heterocycles. The van der Waals surface area contributed by atoms with E-state index >= 15 is 0 Å². The lowest BCUT2D eigenvalue weighted by atomic mass is 10.0. The number of carbonyl (C=O) groups excluding carboxylic acids is 1. The molecule has 0 radical (unpaired) electrons. The number of benzene rings is 1. The maximum Gasteiger partial charge on any atom is 0.137 e. The molecule has 0 N–H and O–H groups in total. The van der Waals surface area contributed by atoms with Crippen LogP contribution in [0.3, 0.4) is 0 Å². The Morgan fingerprint density at radius 3 is 2.87 bits per heavy atom. The third kappa shape index (κ3) is 3.78. The average Bonchev–Trinajstić information content (AvgIpc) is 2.98. The zero-order chi connectivity index (χ0) is 10.7. The summed E-state index contributed by atoms with van der Waals surface area (Å²) in [5.41, 5.74) is 1.12. The van der Waals surface area contributed by atoms with Crippen molar-refractivity contribution in [3.8, 4) is 0 Å². The number of Topliss-reactive ketones (excluding diaryl/α,β-unsaturated/α-hetero) is 1. The summed E-state index contributed by atoms with van der Waals surface area (Å²) in [6.45, 7) is 0. The van der Waals surface area contributed by atoms with Crippen LogP contribution in [-0.4, -0.2) is 5.78 Å². The maximum absolute atomic E-state index is 11.6. The summed E-state index contributed by atoms with van der Waals surface area (Å²) in [5.74, 6) is 1.23. The highest BCUT2D eigenvalue weighted by atomic mass is 79.9. The molecule has 0 unspecified atom stereocenters. The van der Waals surface area contributed by atoms with Crippen molar-refractivity contribution < 1.29 is 4.79 Å². The first kappa shape index (κ1) is 10.9. The molecule has 1 saturated carbocycles. The van der Waals surface area contributed by atoms with Crippen molar-refractivity contribution in [1.82, 2.24) is 0 Å². The van der Waals surface area contributed by atoms with E-state index in [1.165, 1.54) is 12.8 Å². The van der Waals surface area contributed by atoms with Crippen LogP contribution in [0.15, 0.2) is 28.7 Å². The third-order valence-corrected chi connectivity index (χ3v) is 3.31. The molecule has 0 amide bonds. The summed E-state index contributed by atoms with van der Waals surface area (Å²) in [5, 5.41) is 0. The van der Waals surface area contributed by atoms with Crippen molar-refractivity contribution in [2.75, 3.05) is 0 Å². The Balaban J connectivity index is 1.81. The van der Waals surface area contributed by atoms with Gasteiger partial charge in [-0.1, -0.05) is 40.9 Å². The van der Waals surface area contributed by atoms with E-state index < -0.39 is 0 Å². The second kappa shape index (κ2) is 4.93. The van der Waals surface area contributed by atoms with Gasteiger partial charge in [0.15, 0.2) is 0 Å². The fraction of sp³-hybridized carbons (Fsp3) is 0.462. The molecule has 1 aliphatic rings. The van der Waals surface area contributed by atoms with E-state index in [0.717, 1.165) is 28.8 Å². The van der Waals surface area contributed by atoms with Crippen LogP contribution in [0.2, 0.25) is 0 Å². The van der Waals surface area contributed by atoms with Crippen molar-refractivity contribution in [1.29, 1.82) is 0 Å². The van der Waals surface area contributed by atoms with Crippen molar-refractivity contribution in [2.24, 2.45) is 5.92 Å². The van der Waals surface area contributed by atoms with Gasteiger partial charge in [-0.2, -0.15) is 0 Å². The van der Waals surface area contributed by atoms with Gasteiger partial charge in [0, 0.05) is 17.3 Å². The molecule has 2 rings (SSSR count). The van der Waals surface area contributed by atoms with Gasteiger partial charge in [0.1, 0.15) is 5.78 Å². The number of hydrogen-bond donors (Lipinski definition) is 0. The van der Waals surface area contributed by atoms with Crippen molar-refractivity contribution in [3.63, 3.8) is 0 Å². The minimum absolute atomic E-state index is 0.375. The largest absolute Gasteiger partial charge is 0.299 e. The molecule has 0 bridgehead atoms. The molecule has 1 aromatic rings. The van der Waals surface area contributed by atoms with E-state index in [0.29, 0.717) is 12.2 Å². The lowest BCUT2D eigenvalue weighted by Gasteiger charge is -2.01. The van der Waals surface area contributed by atoms with Crippen molar-refractivity contribution >= 4 is 21.7 Å². The van der Waals surface area contributed by atoms with Crippen LogP contribution in [0.25, 0.3) is 0 Å². The SMILES string of the molecule is O=C(CCC1CC1)Cc1cccc(Br)c1. The zero-order valence-electron chi connectivity index (χ0n) is 8.71. The molecule has 1 aromatic carbocycles. The van der Waals surface area contributed by atoms with E-state index in [2.05, 4.69) is 15.9 Å². The standard InChI is InChI=1S/C13H15BrO/c14-12-3-1-2-11(8-12)9-13(15)7-6-10-4-5-10/h1-3,8,10H,4-7,9H2. The third-order valence-electron chi connectivity index (χ3n) is 2.82. The second-order valence-electron chi connectivity index (χ2n) is 4.33. The van der Waals surface area contributed by atoms with Gasteiger partial charge in [-0.25, -0.2) is 0 Å². The van der Waals surface area contributed by atoms with Gasteiger partial charge >= 0.3 is 0 Å². The lowest BCUT2D eigenvalue weighted by molar-refractivity contribution is -0.118. The lowest BCUT2D eigenvalue weighted by Crippen LogP contribution is -2.02. The topological polar surface area (TPSA) is 17.1 Å². The Morgan fingerprint density at radius 2 is 2.20 bits per heavy atom. The fourth-order valence-corrected chi connectivity index (χ4v) is 2.18. The Bertz CT molecular complexity index is 355. The summed E-state index contributed by atoms with van der Waals surface area (Å²) in [6, 6.07) is 8.00. The van der Waals surface area contributed by atoms with Crippen LogP contribution in [0.1, 0.15) is 31.2 Å².